The standard InChI is InChI=1S/C21H23NO5/c1-12-8-15(23)14(11-22(2)3)21-19(12)20(24)18(27-21)10-13-6-7-16(25-4)17(9-13)26-5/h6-10,23H,11H2,1-5H3/b18-10+. The Morgan fingerprint density at radius 2 is 1.85 bits per heavy atom. The summed E-state index contributed by atoms with van der Waals surface area (Å²) >= 11 is 0. The maximum absolute atomic E-state index is 12.9. The van der Waals surface area contributed by atoms with Crippen LogP contribution >= 0.6 is 0 Å². The number of phenols is 1. The average Bonchev–Trinajstić information content (AvgIpc) is 2.95. The predicted octanol–water partition coefficient (Wildman–Crippen LogP) is 3.40. The minimum Gasteiger partial charge on any atom is -0.507 e. The minimum absolute atomic E-state index is 0.125. The summed E-state index contributed by atoms with van der Waals surface area (Å²) in [7, 11) is 6.91. The molecule has 0 fully saturated rings. The Morgan fingerprint density at radius 3 is 2.48 bits per heavy atom. The quantitative estimate of drug-likeness (QED) is 0.815. The first-order valence-electron chi connectivity index (χ1n) is 8.52. The molecule has 0 saturated carbocycles. The third-order valence-corrected chi connectivity index (χ3v) is 4.40. The number of fused-ring (bicyclic) bond motifs is 1. The molecule has 142 valence electrons. The van der Waals surface area contributed by atoms with Crippen molar-refractivity contribution in [2.45, 2.75) is 13.5 Å². The van der Waals surface area contributed by atoms with Crippen LogP contribution in [-0.2, 0) is 6.54 Å². The van der Waals surface area contributed by atoms with Gasteiger partial charge in [0.1, 0.15) is 11.5 Å². The molecular formula is C21H23NO5. The maximum Gasteiger partial charge on any atom is 0.232 e. The number of rotatable bonds is 5. The number of benzene rings is 2. The van der Waals surface area contributed by atoms with Crippen LogP contribution in [0, 0.1) is 6.92 Å². The van der Waals surface area contributed by atoms with Gasteiger partial charge in [0.15, 0.2) is 17.3 Å². The van der Waals surface area contributed by atoms with Gasteiger partial charge >= 0.3 is 0 Å². The number of Topliss-reactive ketones (excluding diaryl/α,β-unsaturated/α-hetero) is 1. The van der Waals surface area contributed by atoms with Gasteiger partial charge in [0, 0.05) is 6.54 Å². The van der Waals surface area contributed by atoms with E-state index in [0.717, 1.165) is 5.56 Å². The van der Waals surface area contributed by atoms with Crippen LogP contribution in [0.5, 0.6) is 23.0 Å². The normalized spacial score (nSPS) is 14.4. The summed E-state index contributed by atoms with van der Waals surface area (Å²) in [4.78, 5) is 14.8. The molecule has 0 saturated heterocycles. The fourth-order valence-corrected chi connectivity index (χ4v) is 3.14. The highest BCUT2D eigenvalue weighted by Crippen LogP contribution is 2.42. The van der Waals surface area contributed by atoms with Crippen molar-refractivity contribution in [2.75, 3.05) is 28.3 Å². The third kappa shape index (κ3) is 3.48. The first-order chi connectivity index (χ1) is 12.8. The van der Waals surface area contributed by atoms with E-state index in [1.807, 2.05) is 25.1 Å². The van der Waals surface area contributed by atoms with Crippen molar-refractivity contribution >= 4 is 11.9 Å². The van der Waals surface area contributed by atoms with E-state index in [1.54, 1.807) is 45.4 Å². The Morgan fingerprint density at radius 1 is 1.15 bits per heavy atom. The predicted molar refractivity (Wildman–Crippen MR) is 103 cm³/mol. The van der Waals surface area contributed by atoms with Crippen LogP contribution in [0.3, 0.4) is 0 Å². The van der Waals surface area contributed by atoms with Gasteiger partial charge in [0.2, 0.25) is 5.78 Å². The van der Waals surface area contributed by atoms with Gasteiger partial charge in [-0.1, -0.05) is 6.07 Å². The molecule has 1 N–H and O–H groups in total. The Balaban J connectivity index is 2.04. The number of ether oxygens (including phenoxy) is 3. The van der Waals surface area contributed by atoms with Gasteiger partial charge in [-0.2, -0.15) is 0 Å². The van der Waals surface area contributed by atoms with Crippen molar-refractivity contribution in [3.63, 3.8) is 0 Å². The summed E-state index contributed by atoms with van der Waals surface area (Å²) in [6, 6.07) is 6.97. The minimum atomic E-state index is -0.197. The second-order valence-corrected chi connectivity index (χ2v) is 6.69. The van der Waals surface area contributed by atoms with E-state index in [-0.39, 0.29) is 17.3 Å². The van der Waals surface area contributed by atoms with E-state index in [1.165, 1.54) is 0 Å². The zero-order valence-electron chi connectivity index (χ0n) is 16.1. The number of ketones is 1. The monoisotopic (exact) mass is 369 g/mol. The molecule has 27 heavy (non-hydrogen) atoms. The molecular weight excluding hydrogens is 346 g/mol. The van der Waals surface area contributed by atoms with E-state index in [0.29, 0.717) is 40.5 Å². The average molecular weight is 369 g/mol. The van der Waals surface area contributed by atoms with E-state index >= 15 is 0 Å². The van der Waals surface area contributed by atoms with Gasteiger partial charge < -0.3 is 24.2 Å². The van der Waals surface area contributed by atoms with Crippen LogP contribution in [-0.4, -0.2) is 44.1 Å². The summed E-state index contributed by atoms with van der Waals surface area (Å²) in [5, 5.41) is 10.3. The van der Waals surface area contributed by atoms with Gasteiger partial charge in [-0.25, -0.2) is 0 Å². The van der Waals surface area contributed by atoms with E-state index in [2.05, 4.69) is 0 Å². The molecule has 0 spiro atoms. The molecule has 0 radical (unpaired) electrons. The van der Waals surface area contributed by atoms with E-state index in [4.69, 9.17) is 14.2 Å². The summed E-state index contributed by atoms with van der Waals surface area (Å²) in [6.45, 7) is 2.25. The molecule has 0 amide bonds. The van der Waals surface area contributed by atoms with E-state index in [9.17, 15) is 9.90 Å². The van der Waals surface area contributed by atoms with Crippen molar-refractivity contribution in [1.29, 1.82) is 0 Å². The number of hydrogen-bond acceptors (Lipinski definition) is 6. The molecule has 0 aromatic heterocycles. The molecule has 6 nitrogen and oxygen atoms in total. The largest absolute Gasteiger partial charge is 0.507 e. The summed E-state index contributed by atoms with van der Waals surface area (Å²) in [5.74, 6) is 1.74. The number of hydrogen-bond donors (Lipinski definition) is 1. The smallest absolute Gasteiger partial charge is 0.232 e. The lowest BCUT2D eigenvalue weighted by Gasteiger charge is -2.15. The molecule has 3 rings (SSSR count). The number of carbonyl (C=O) groups is 1. The fourth-order valence-electron chi connectivity index (χ4n) is 3.14. The van der Waals surface area contributed by atoms with Crippen LogP contribution in [0.4, 0.5) is 0 Å². The van der Waals surface area contributed by atoms with Gasteiger partial charge in [-0.15, -0.1) is 0 Å². The Kier molecular flexibility index (Phi) is 5.10. The molecule has 2 aromatic carbocycles. The Bertz CT molecular complexity index is 931. The first kappa shape index (κ1) is 18.8. The van der Waals surface area contributed by atoms with Crippen molar-refractivity contribution in [2.24, 2.45) is 0 Å². The van der Waals surface area contributed by atoms with Crippen molar-refractivity contribution in [3.8, 4) is 23.0 Å². The highest BCUT2D eigenvalue weighted by molar-refractivity contribution is 6.15. The highest BCUT2D eigenvalue weighted by Gasteiger charge is 2.33. The van der Waals surface area contributed by atoms with Gasteiger partial charge in [0.25, 0.3) is 0 Å². The summed E-state index contributed by atoms with van der Waals surface area (Å²) < 4.78 is 16.4. The fraction of sp³-hybridized carbons (Fsp3) is 0.286. The molecule has 1 heterocycles. The molecule has 0 unspecified atom stereocenters. The molecule has 1 aliphatic heterocycles. The zero-order valence-corrected chi connectivity index (χ0v) is 16.1. The van der Waals surface area contributed by atoms with Crippen LogP contribution in [0.15, 0.2) is 30.0 Å². The Hall–Kier alpha value is -2.99. The number of methoxy groups -OCH3 is 2. The number of allylic oxidation sites excluding steroid dienone is 1. The number of carbonyl (C=O) groups excluding carboxylic acids is 1. The maximum atomic E-state index is 12.9. The van der Waals surface area contributed by atoms with Gasteiger partial charge in [-0.05, 0) is 56.4 Å². The lowest BCUT2D eigenvalue weighted by atomic mass is 9.99. The molecule has 6 heteroatoms. The highest BCUT2D eigenvalue weighted by atomic mass is 16.5. The summed E-state index contributed by atoms with van der Waals surface area (Å²) in [6.07, 6.45) is 1.67. The van der Waals surface area contributed by atoms with Crippen LogP contribution in [0.1, 0.15) is 27.0 Å². The molecule has 0 bridgehead atoms. The topological polar surface area (TPSA) is 68.2 Å². The second-order valence-electron chi connectivity index (χ2n) is 6.69. The lowest BCUT2D eigenvalue weighted by Crippen LogP contribution is -2.12. The van der Waals surface area contributed by atoms with E-state index < -0.39 is 0 Å². The number of aromatic hydroxyl groups is 1. The molecule has 0 atom stereocenters. The summed E-state index contributed by atoms with van der Waals surface area (Å²) in [5.41, 5.74) is 2.53. The number of phenolic OH excluding ortho intramolecular Hbond substituents is 1. The van der Waals surface area contributed by atoms with Gasteiger partial charge in [-0.3, -0.25) is 4.79 Å². The van der Waals surface area contributed by atoms with Crippen LogP contribution in [0.25, 0.3) is 6.08 Å². The van der Waals surface area contributed by atoms with Gasteiger partial charge in [0.05, 0.1) is 25.3 Å². The number of aryl methyl sites for hydroxylation is 1. The van der Waals surface area contributed by atoms with Crippen molar-refractivity contribution in [3.05, 3.63) is 52.3 Å². The molecule has 2 aromatic rings. The SMILES string of the molecule is COc1ccc(/C=C2/Oc3c(CN(C)C)c(O)cc(C)c3C2=O)cc1OC. The molecule has 1 aliphatic rings. The first-order valence-corrected chi connectivity index (χ1v) is 8.52. The van der Waals surface area contributed by atoms with Crippen LogP contribution in [0.2, 0.25) is 0 Å². The van der Waals surface area contributed by atoms with Crippen molar-refractivity contribution in [1.82, 2.24) is 4.90 Å². The lowest BCUT2D eigenvalue weighted by molar-refractivity contribution is 0.101. The second kappa shape index (κ2) is 7.32. The zero-order chi connectivity index (χ0) is 19.7. The third-order valence-electron chi connectivity index (χ3n) is 4.40. The van der Waals surface area contributed by atoms with Crippen LogP contribution < -0.4 is 14.2 Å². The number of nitrogens with zero attached hydrogens (tertiary/aromatic N) is 1. The molecule has 0 aliphatic carbocycles. The Labute approximate surface area is 158 Å². The van der Waals surface area contributed by atoms with Crippen molar-refractivity contribution < 1.29 is 24.1 Å².